The van der Waals surface area contributed by atoms with Gasteiger partial charge in [0.2, 0.25) is 0 Å². The molecule has 3 rings (SSSR count). The molecule has 0 spiro atoms. The first kappa shape index (κ1) is 15.9. The van der Waals surface area contributed by atoms with Gasteiger partial charge in [-0.15, -0.1) is 0 Å². The van der Waals surface area contributed by atoms with Crippen molar-refractivity contribution in [3.8, 4) is 11.1 Å². The first-order valence-electron chi connectivity index (χ1n) is 6.94. The standard InChI is InChI=1S/C17H12ClFN4O/c18-12-2-1-3-13(19)15(12)10-6-7-22-14-5-4-9(8-11(10)14)16(24)23-17(20)21/h1-8H,(H4,20,21,23,24). The van der Waals surface area contributed by atoms with Gasteiger partial charge < -0.3 is 11.5 Å². The fourth-order valence-electron chi connectivity index (χ4n) is 2.43. The fourth-order valence-corrected chi connectivity index (χ4v) is 2.70. The summed E-state index contributed by atoms with van der Waals surface area (Å²) in [4.78, 5) is 19.7. The summed E-state index contributed by atoms with van der Waals surface area (Å²) >= 11 is 6.15. The molecule has 24 heavy (non-hydrogen) atoms. The molecular formula is C17H12ClFN4O. The van der Waals surface area contributed by atoms with Crippen molar-refractivity contribution in [2.45, 2.75) is 0 Å². The normalized spacial score (nSPS) is 10.6. The van der Waals surface area contributed by atoms with Gasteiger partial charge in [-0.25, -0.2) is 4.39 Å². The van der Waals surface area contributed by atoms with Gasteiger partial charge in [-0.05, 0) is 42.0 Å². The van der Waals surface area contributed by atoms with Crippen LogP contribution in [0, 0.1) is 5.82 Å². The van der Waals surface area contributed by atoms with E-state index in [0.717, 1.165) is 0 Å². The van der Waals surface area contributed by atoms with Crippen LogP contribution in [-0.4, -0.2) is 16.9 Å². The predicted molar refractivity (Wildman–Crippen MR) is 92.3 cm³/mol. The molecule has 0 unspecified atom stereocenters. The number of hydrogen-bond acceptors (Lipinski definition) is 2. The summed E-state index contributed by atoms with van der Waals surface area (Å²) in [5, 5.41) is 0.838. The van der Waals surface area contributed by atoms with Gasteiger partial charge in [0.15, 0.2) is 5.96 Å². The number of aliphatic imine (C=N–C) groups is 1. The molecule has 0 aliphatic carbocycles. The molecule has 4 N–H and O–H groups in total. The first-order valence-corrected chi connectivity index (χ1v) is 7.32. The Hall–Kier alpha value is -2.99. The number of benzene rings is 2. The molecule has 3 aromatic rings. The zero-order chi connectivity index (χ0) is 17.3. The van der Waals surface area contributed by atoms with Crippen LogP contribution in [0.5, 0.6) is 0 Å². The Morgan fingerprint density at radius 1 is 1.17 bits per heavy atom. The monoisotopic (exact) mass is 342 g/mol. The zero-order valence-corrected chi connectivity index (χ0v) is 13.1. The minimum atomic E-state index is -0.591. The van der Waals surface area contributed by atoms with Crippen molar-refractivity contribution in [1.29, 1.82) is 0 Å². The number of rotatable bonds is 2. The molecule has 1 heterocycles. The van der Waals surface area contributed by atoms with Crippen molar-refractivity contribution in [2.24, 2.45) is 16.5 Å². The number of nitrogens with zero attached hydrogens (tertiary/aromatic N) is 2. The van der Waals surface area contributed by atoms with Crippen molar-refractivity contribution >= 4 is 34.4 Å². The lowest BCUT2D eigenvalue weighted by molar-refractivity contribution is 0.100. The Morgan fingerprint density at radius 3 is 2.67 bits per heavy atom. The number of fused-ring (bicyclic) bond motifs is 1. The maximum atomic E-state index is 14.3. The van der Waals surface area contributed by atoms with Crippen molar-refractivity contribution in [1.82, 2.24) is 4.98 Å². The van der Waals surface area contributed by atoms with Gasteiger partial charge in [-0.3, -0.25) is 9.78 Å². The Kier molecular flexibility index (Phi) is 4.14. The minimum Gasteiger partial charge on any atom is -0.370 e. The third-order valence-electron chi connectivity index (χ3n) is 3.45. The molecule has 0 radical (unpaired) electrons. The Bertz CT molecular complexity index is 963. The van der Waals surface area contributed by atoms with Crippen LogP contribution in [-0.2, 0) is 0 Å². The molecule has 2 aromatic carbocycles. The fraction of sp³-hybridized carbons (Fsp3) is 0. The summed E-state index contributed by atoms with van der Waals surface area (Å²) in [5.74, 6) is -1.38. The van der Waals surface area contributed by atoms with Gasteiger partial charge in [-0.1, -0.05) is 17.7 Å². The van der Waals surface area contributed by atoms with Gasteiger partial charge in [0.25, 0.3) is 5.91 Å². The summed E-state index contributed by atoms with van der Waals surface area (Å²) in [6.07, 6.45) is 1.55. The number of carbonyl (C=O) groups is 1. The number of aromatic nitrogens is 1. The van der Waals surface area contributed by atoms with Gasteiger partial charge >= 0.3 is 0 Å². The highest BCUT2D eigenvalue weighted by molar-refractivity contribution is 6.33. The lowest BCUT2D eigenvalue weighted by Crippen LogP contribution is -2.24. The van der Waals surface area contributed by atoms with Crippen LogP contribution in [0.1, 0.15) is 10.4 Å². The van der Waals surface area contributed by atoms with Crippen LogP contribution >= 0.6 is 11.6 Å². The molecule has 0 fully saturated rings. The SMILES string of the molecule is NC(N)=NC(=O)c1ccc2nccc(-c3c(F)cccc3Cl)c2c1. The van der Waals surface area contributed by atoms with Crippen molar-refractivity contribution < 1.29 is 9.18 Å². The molecule has 0 aliphatic rings. The maximum absolute atomic E-state index is 14.3. The number of halogens is 2. The van der Waals surface area contributed by atoms with Crippen molar-refractivity contribution in [3.63, 3.8) is 0 Å². The van der Waals surface area contributed by atoms with Crippen LogP contribution in [0.2, 0.25) is 5.02 Å². The highest BCUT2D eigenvalue weighted by Gasteiger charge is 2.14. The second-order valence-corrected chi connectivity index (χ2v) is 5.44. The molecule has 0 aliphatic heterocycles. The third kappa shape index (κ3) is 2.91. The number of nitrogens with two attached hydrogens (primary N) is 2. The molecule has 0 bridgehead atoms. The molecule has 1 amide bonds. The predicted octanol–water partition coefficient (Wildman–Crippen LogP) is 3.11. The molecular weight excluding hydrogens is 331 g/mol. The highest BCUT2D eigenvalue weighted by Crippen LogP contribution is 2.35. The highest BCUT2D eigenvalue weighted by atomic mass is 35.5. The van der Waals surface area contributed by atoms with Gasteiger partial charge in [0.05, 0.1) is 10.5 Å². The van der Waals surface area contributed by atoms with E-state index in [9.17, 15) is 9.18 Å². The van der Waals surface area contributed by atoms with Crippen LogP contribution in [0.25, 0.3) is 22.0 Å². The third-order valence-corrected chi connectivity index (χ3v) is 3.77. The number of carbonyl (C=O) groups excluding carboxylic acids is 1. The molecule has 0 atom stereocenters. The van der Waals surface area contributed by atoms with E-state index in [4.69, 9.17) is 23.1 Å². The van der Waals surface area contributed by atoms with Crippen LogP contribution < -0.4 is 11.5 Å². The average molecular weight is 343 g/mol. The Balaban J connectivity index is 2.26. The molecule has 1 aromatic heterocycles. The quantitative estimate of drug-likeness (QED) is 0.552. The van der Waals surface area contributed by atoms with E-state index < -0.39 is 11.7 Å². The summed E-state index contributed by atoms with van der Waals surface area (Å²) in [5.41, 5.74) is 12.1. The zero-order valence-electron chi connectivity index (χ0n) is 12.3. The largest absolute Gasteiger partial charge is 0.370 e. The van der Waals surface area contributed by atoms with Crippen molar-refractivity contribution in [3.05, 3.63) is 65.1 Å². The van der Waals surface area contributed by atoms with E-state index in [2.05, 4.69) is 9.98 Å². The lowest BCUT2D eigenvalue weighted by atomic mass is 9.99. The number of amides is 1. The second-order valence-electron chi connectivity index (χ2n) is 5.03. The summed E-state index contributed by atoms with van der Waals surface area (Å²) < 4.78 is 14.3. The van der Waals surface area contributed by atoms with Crippen molar-refractivity contribution in [2.75, 3.05) is 0 Å². The Labute approximate surface area is 141 Å². The van der Waals surface area contributed by atoms with E-state index >= 15 is 0 Å². The smallest absolute Gasteiger partial charge is 0.280 e. The number of guanidine groups is 1. The molecule has 0 saturated heterocycles. The van der Waals surface area contributed by atoms with E-state index in [0.29, 0.717) is 16.5 Å². The van der Waals surface area contributed by atoms with E-state index in [-0.39, 0.29) is 22.1 Å². The maximum Gasteiger partial charge on any atom is 0.280 e. The van der Waals surface area contributed by atoms with Gasteiger partial charge in [0, 0.05) is 22.7 Å². The van der Waals surface area contributed by atoms with Gasteiger partial charge in [-0.2, -0.15) is 4.99 Å². The van der Waals surface area contributed by atoms with E-state index in [1.165, 1.54) is 12.1 Å². The summed E-state index contributed by atoms with van der Waals surface area (Å²) in [6, 6.07) is 10.8. The summed E-state index contributed by atoms with van der Waals surface area (Å²) in [6.45, 7) is 0. The van der Waals surface area contributed by atoms with Gasteiger partial charge in [0.1, 0.15) is 5.82 Å². The van der Waals surface area contributed by atoms with Crippen LogP contribution in [0.15, 0.2) is 53.7 Å². The Morgan fingerprint density at radius 2 is 1.96 bits per heavy atom. The molecule has 5 nitrogen and oxygen atoms in total. The molecule has 7 heteroatoms. The van der Waals surface area contributed by atoms with Crippen LogP contribution in [0.3, 0.4) is 0 Å². The van der Waals surface area contributed by atoms with E-state index in [1.807, 2.05) is 0 Å². The summed E-state index contributed by atoms with van der Waals surface area (Å²) in [7, 11) is 0. The molecule has 120 valence electrons. The lowest BCUT2D eigenvalue weighted by Gasteiger charge is -2.10. The first-order chi connectivity index (χ1) is 11.5. The number of pyridine rings is 1. The average Bonchev–Trinajstić information content (AvgIpc) is 2.53. The van der Waals surface area contributed by atoms with E-state index in [1.54, 1.807) is 36.5 Å². The van der Waals surface area contributed by atoms with Crippen LogP contribution in [0.4, 0.5) is 4.39 Å². The number of hydrogen-bond donors (Lipinski definition) is 2. The minimum absolute atomic E-state index is 0.248. The second kappa shape index (κ2) is 6.25. The molecule has 0 saturated carbocycles. The topological polar surface area (TPSA) is 94.4 Å².